The molecule has 110 valence electrons. The molecule has 0 saturated carbocycles. The van der Waals surface area contributed by atoms with Crippen LogP contribution in [0.4, 0.5) is 5.69 Å². The van der Waals surface area contributed by atoms with E-state index in [1.54, 1.807) is 13.0 Å². The summed E-state index contributed by atoms with van der Waals surface area (Å²) in [6.45, 7) is 2.03. The van der Waals surface area contributed by atoms with Gasteiger partial charge in [0.25, 0.3) is 5.69 Å². The van der Waals surface area contributed by atoms with Crippen LogP contribution >= 0.6 is 0 Å². The number of ether oxygens (including phenoxy) is 1. The summed E-state index contributed by atoms with van der Waals surface area (Å²) in [6, 6.07) is 12.4. The standard InChI is InChI=1S/C16H17NO4/c1-12-14(6-4-7-15(12)17(19)20)11-21-16-8-3-2-5-13(16)9-10-18/h2-8,18H,9-11H2,1H3. The molecule has 1 N–H and O–H groups in total. The molecule has 0 saturated heterocycles. The molecule has 5 heteroatoms. The Morgan fingerprint density at radius 2 is 1.86 bits per heavy atom. The molecule has 0 unspecified atom stereocenters. The van der Waals surface area contributed by atoms with E-state index in [-0.39, 0.29) is 18.9 Å². The van der Waals surface area contributed by atoms with Crippen LogP contribution in [-0.4, -0.2) is 16.6 Å². The number of nitro benzene ring substituents is 1. The molecule has 0 amide bonds. The molecule has 0 radical (unpaired) electrons. The van der Waals surface area contributed by atoms with E-state index in [2.05, 4.69) is 0 Å². The Balaban J connectivity index is 2.17. The Labute approximate surface area is 123 Å². The number of aliphatic hydroxyl groups is 1. The minimum Gasteiger partial charge on any atom is -0.489 e. The second-order valence-corrected chi connectivity index (χ2v) is 4.69. The number of nitrogens with zero attached hydrogens (tertiary/aromatic N) is 1. The SMILES string of the molecule is Cc1c(COc2ccccc2CCO)cccc1[N+](=O)[O-]. The lowest BCUT2D eigenvalue weighted by Gasteiger charge is -2.12. The molecule has 0 spiro atoms. The van der Waals surface area contributed by atoms with Crippen LogP contribution in [-0.2, 0) is 13.0 Å². The van der Waals surface area contributed by atoms with Crippen molar-refractivity contribution in [2.75, 3.05) is 6.61 Å². The molecule has 2 rings (SSSR count). The van der Waals surface area contributed by atoms with Crippen molar-refractivity contribution >= 4 is 5.69 Å². The van der Waals surface area contributed by atoms with Gasteiger partial charge >= 0.3 is 0 Å². The van der Waals surface area contributed by atoms with Crippen molar-refractivity contribution in [1.82, 2.24) is 0 Å². The maximum Gasteiger partial charge on any atom is 0.272 e. The molecule has 0 fully saturated rings. The summed E-state index contributed by atoms with van der Waals surface area (Å²) in [6.07, 6.45) is 0.518. The van der Waals surface area contributed by atoms with Crippen LogP contribution < -0.4 is 4.74 Å². The average Bonchev–Trinajstić information content (AvgIpc) is 2.47. The van der Waals surface area contributed by atoms with Crippen LogP contribution in [0.3, 0.4) is 0 Å². The fourth-order valence-corrected chi connectivity index (χ4v) is 2.15. The zero-order valence-corrected chi connectivity index (χ0v) is 11.8. The summed E-state index contributed by atoms with van der Waals surface area (Å²) in [5.74, 6) is 0.692. The zero-order valence-electron chi connectivity index (χ0n) is 11.8. The molecule has 0 bridgehead atoms. The number of nitro groups is 1. The first-order valence-electron chi connectivity index (χ1n) is 6.68. The predicted octanol–water partition coefficient (Wildman–Crippen LogP) is 3.02. The normalized spacial score (nSPS) is 10.4. The molecular weight excluding hydrogens is 270 g/mol. The topological polar surface area (TPSA) is 72.6 Å². The van der Waals surface area contributed by atoms with Crippen LogP contribution in [0.2, 0.25) is 0 Å². The number of rotatable bonds is 6. The lowest BCUT2D eigenvalue weighted by atomic mass is 10.1. The molecule has 21 heavy (non-hydrogen) atoms. The van der Waals surface area contributed by atoms with E-state index in [4.69, 9.17) is 9.84 Å². The summed E-state index contributed by atoms with van der Waals surface area (Å²) in [5.41, 5.74) is 2.41. The molecule has 2 aromatic rings. The molecule has 0 heterocycles. The second kappa shape index (κ2) is 6.85. The molecule has 0 atom stereocenters. The van der Waals surface area contributed by atoms with Crippen molar-refractivity contribution in [3.63, 3.8) is 0 Å². The van der Waals surface area contributed by atoms with Crippen LogP contribution in [0, 0.1) is 17.0 Å². The Kier molecular flexibility index (Phi) is 4.90. The predicted molar refractivity (Wildman–Crippen MR) is 79.4 cm³/mol. The van der Waals surface area contributed by atoms with Gasteiger partial charge in [-0.25, -0.2) is 0 Å². The van der Waals surface area contributed by atoms with E-state index in [1.165, 1.54) is 6.07 Å². The van der Waals surface area contributed by atoms with Gasteiger partial charge < -0.3 is 9.84 Å². The van der Waals surface area contributed by atoms with Gasteiger partial charge in [0.15, 0.2) is 0 Å². The van der Waals surface area contributed by atoms with Crippen LogP contribution in [0.1, 0.15) is 16.7 Å². The first kappa shape index (κ1) is 15.0. The Bertz CT molecular complexity index is 640. The van der Waals surface area contributed by atoms with Crippen LogP contribution in [0.5, 0.6) is 5.75 Å². The van der Waals surface area contributed by atoms with Gasteiger partial charge in [-0.2, -0.15) is 0 Å². The minimum absolute atomic E-state index is 0.0518. The van der Waals surface area contributed by atoms with Gasteiger partial charge in [-0.15, -0.1) is 0 Å². The second-order valence-electron chi connectivity index (χ2n) is 4.69. The van der Waals surface area contributed by atoms with Gasteiger partial charge in [0.05, 0.1) is 4.92 Å². The molecule has 5 nitrogen and oxygen atoms in total. The quantitative estimate of drug-likeness (QED) is 0.654. The number of hydrogen-bond donors (Lipinski definition) is 1. The lowest BCUT2D eigenvalue weighted by Crippen LogP contribution is -2.03. The fraction of sp³-hybridized carbons (Fsp3) is 0.250. The Morgan fingerprint density at radius 3 is 2.57 bits per heavy atom. The van der Waals surface area contributed by atoms with Gasteiger partial charge in [0.2, 0.25) is 0 Å². The van der Waals surface area contributed by atoms with Crippen LogP contribution in [0.15, 0.2) is 42.5 Å². The highest BCUT2D eigenvalue weighted by Gasteiger charge is 2.13. The summed E-state index contributed by atoms with van der Waals surface area (Å²) in [5, 5.41) is 20.0. The van der Waals surface area contributed by atoms with E-state index >= 15 is 0 Å². The summed E-state index contributed by atoms with van der Waals surface area (Å²) < 4.78 is 5.76. The van der Waals surface area contributed by atoms with Gasteiger partial charge in [0.1, 0.15) is 12.4 Å². The maximum atomic E-state index is 10.9. The number of benzene rings is 2. The minimum atomic E-state index is -0.390. The van der Waals surface area contributed by atoms with E-state index in [1.807, 2.05) is 30.3 Å². The van der Waals surface area contributed by atoms with Crippen molar-refractivity contribution in [2.24, 2.45) is 0 Å². The third-order valence-electron chi connectivity index (χ3n) is 3.35. The molecule has 0 aliphatic rings. The third-order valence-corrected chi connectivity index (χ3v) is 3.35. The Morgan fingerprint density at radius 1 is 1.14 bits per heavy atom. The highest BCUT2D eigenvalue weighted by molar-refractivity contribution is 5.44. The van der Waals surface area contributed by atoms with Gasteiger partial charge in [-0.3, -0.25) is 10.1 Å². The highest BCUT2D eigenvalue weighted by atomic mass is 16.6. The molecule has 0 aliphatic carbocycles. The summed E-state index contributed by atoms with van der Waals surface area (Å²) in [7, 11) is 0. The molecule has 0 aromatic heterocycles. The van der Waals surface area contributed by atoms with Crippen molar-refractivity contribution in [1.29, 1.82) is 0 Å². The highest BCUT2D eigenvalue weighted by Crippen LogP contribution is 2.24. The first-order chi connectivity index (χ1) is 10.1. The molecular formula is C16H17NO4. The van der Waals surface area contributed by atoms with E-state index in [0.29, 0.717) is 17.7 Å². The van der Waals surface area contributed by atoms with Gasteiger partial charge in [-0.05, 0) is 30.5 Å². The molecule has 2 aromatic carbocycles. The van der Waals surface area contributed by atoms with E-state index < -0.39 is 4.92 Å². The smallest absolute Gasteiger partial charge is 0.272 e. The number of aliphatic hydroxyl groups excluding tert-OH is 1. The number of hydrogen-bond acceptors (Lipinski definition) is 4. The Hall–Kier alpha value is -2.40. The van der Waals surface area contributed by atoms with Crippen molar-refractivity contribution in [2.45, 2.75) is 20.0 Å². The van der Waals surface area contributed by atoms with E-state index in [9.17, 15) is 10.1 Å². The number of para-hydroxylation sites is 1. The molecule has 0 aliphatic heterocycles. The third kappa shape index (κ3) is 3.58. The zero-order chi connectivity index (χ0) is 15.2. The van der Waals surface area contributed by atoms with E-state index in [0.717, 1.165) is 11.1 Å². The fourth-order valence-electron chi connectivity index (χ4n) is 2.15. The van der Waals surface area contributed by atoms with Crippen molar-refractivity contribution in [3.05, 3.63) is 69.3 Å². The summed E-state index contributed by atoms with van der Waals surface area (Å²) in [4.78, 5) is 10.5. The van der Waals surface area contributed by atoms with Gasteiger partial charge in [-0.1, -0.05) is 30.3 Å². The van der Waals surface area contributed by atoms with Crippen molar-refractivity contribution < 1.29 is 14.8 Å². The van der Waals surface area contributed by atoms with Crippen molar-refractivity contribution in [3.8, 4) is 5.75 Å². The summed E-state index contributed by atoms with van der Waals surface area (Å²) >= 11 is 0. The van der Waals surface area contributed by atoms with Gasteiger partial charge in [0, 0.05) is 18.2 Å². The largest absolute Gasteiger partial charge is 0.489 e. The monoisotopic (exact) mass is 287 g/mol. The lowest BCUT2D eigenvalue weighted by molar-refractivity contribution is -0.385. The first-order valence-corrected chi connectivity index (χ1v) is 6.68. The van der Waals surface area contributed by atoms with Crippen LogP contribution in [0.25, 0.3) is 0 Å². The average molecular weight is 287 g/mol. The maximum absolute atomic E-state index is 10.9.